The predicted octanol–water partition coefficient (Wildman–Crippen LogP) is 1.49. The lowest BCUT2D eigenvalue weighted by atomic mass is 10.0. The molecule has 6 N–H and O–H groups in total. The highest BCUT2D eigenvalue weighted by Gasteiger charge is 2.47. The van der Waals surface area contributed by atoms with Gasteiger partial charge >= 0.3 is 6.09 Å². The Bertz CT molecular complexity index is 1310. The molecule has 272 valence electrons. The number of hydrogen-bond acceptors (Lipinski definition) is 10. The first-order valence-corrected chi connectivity index (χ1v) is 16.1. The summed E-state index contributed by atoms with van der Waals surface area (Å²) in [5.41, 5.74) is -0.141. The number of hydrogen-bond donors (Lipinski definition) is 6. The van der Waals surface area contributed by atoms with E-state index in [4.69, 9.17) is 14.2 Å². The Hall–Kier alpha value is -4.47. The highest BCUT2D eigenvalue weighted by atomic mass is 16.6. The van der Waals surface area contributed by atoms with Gasteiger partial charge in [-0.25, -0.2) is 9.79 Å². The number of benzene rings is 1. The zero-order valence-electron chi connectivity index (χ0n) is 29.2. The number of amides is 4. The molecule has 6 unspecified atom stereocenters. The third-order valence-corrected chi connectivity index (χ3v) is 7.52. The third kappa shape index (κ3) is 13.2. The van der Waals surface area contributed by atoms with E-state index < -0.39 is 66.7 Å². The lowest BCUT2D eigenvalue weighted by Gasteiger charge is -2.29. The molecule has 6 atom stereocenters. The second kappa shape index (κ2) is 19.5. The fourth-order valence-corrected chi connectivity index (χ4v) is 5.13. The van der Waals surface area contributed by atoms with E-state index in [1.54, 1.807) is 52.0 Å². The second-order valence-corrected chi connectivity index (χ2v) is 12.5. The van der Waals surface area contributed by atoms with Crippen LogP contribution in [0.4, 0.5) is 4.79 Å². The summed E-state index contributed by atoms with van der Waals surface area (Å²) < 4.78 is 16.5. The van der Waals surface area contributed by atoms with Crippen molar-refractivity contribution in [1.29, 1.82) is 0 Å². The van der Waals surface area contributed by atoms with Crippen molar-refractivity contribution >= 4 is 29.7 Å². The predicted molar refractivity (Wildman–Crippen MR) is 183 cm³/mol. The quantitative estimate of drug-likeness (QED) is 0.0792. The summed E-state index contributed by atoms with van der Waals surface area (Å²) in [6.07, 6.45) is -0.264. The highest BCUT2D eigenvalue weighted by Crippen LogP contribution is 2.25. The maximum Gasteiger partial charge on any atom is 0.408 e. The summed E-state index contributed by atoms with van der Waals surface area (Å²) in [6, 6.07) is 3.56. The van der Waals surface area contributed by atoms with Gasteiger partial charge < -0.3 is 50.6 Å². The normalized spacial score (nSPS) is 20.3. The summed E-state index contributed by atoms with van der Waals surface area (Å²) in [6.45, 7) is 15.3. The number of alkyl carbamates (subject to hydrolysis) is 1. The van der Waals surface area contributed by atoms with Gasteiger partial charge in [0, 0.05) is 32.3 Å². The molecule has 1 aliphatic heterocycles. The molecular formula is C34H52N6O9. The maximum absolute atomic E-state index is 13.9. The molecule has 15 nitrogen and oxygen atoms in total. The van der Waals surface area contributed by atoms with Gasteiger partial charge in [-0.2, -0.15) is 0 Å². The maximum atomic E-state index is 13.9. The number of unbranched alkanes of at least 4 members (excludes halogenated alkanes) is 1. The Morgan fingerprint density at radius 1 is 1.06 bits per heavy atom. The Morgan fingerprint density at radius 3 is 2.29 bits per heavy atom. The van der Waals surface area contributed by atoms with E-state index in [1.165, 1.54) is 31.3 Å². The molecule has 1 aromatic carbocycles. The number of nitrogens with zero attached hydrogens (tertiary/aromatic N) is 2. The molecule has 0 radical (unpaired) electrons. The van der Waals surface area contributed by atoms with E-state index in [9.17, 15) is 29.4 Å². The Morgan fingerprint density at radius 2 is 1.73 bits per heavy atom. The van der Waals surface area contributed by atoms with Crippen molar-refractivity contribution in [2.45, 2.75) is 102 Å². The Labute approximate surface area is 288 Å². The minimum atomic E-state index is -1.34. The van der Waals surface area contributed by atoms with E-state index in [1.807, 2.05) is 0 Å². The molecule has 1 fully saturated rings. The van der Waals surface area contributed by atoms with Crippen LogP contribution in [0.3, 0.4) is 0 Å². The van der Waals surface area contributed by atoms with E-state index in [0.29, 0.717) is 36.5 Å². The van der Waals surface area contributed by atoms with E-state index in [-0.39, 0.29) is 18.7 Å². The van der Waals surface area contributed by atoms with Crippen LogP contribution in [0.15, 0.2) is 54.8 Å². The number of methoxy groups -OCH3 is 1. The SMILES string of the molecule is C=CN=C(C)N(C=C)C1OC(CO)C(NC(=O)C(Cc2ccc(OC)cc2)NC(=O)C(CCCCNC(C)=O)NC(=O)OC(C)(C)C)C1O. The van der Waals surface area contributed by atoms with Crippen LogP contribution in [-0.4, -0.2) is 107 Å². The first-order chi connectivity index (χ1) is 23.1. The van der Waals surface area contributed by atoms with Crippen LogP contribution in [0.5, 0.6) is 5.75 Å². The molecular weight excluding hydrogens is 636 g/mol. The summed E-state index contributed by atoms with van der Waals surface area (Å²) in [7, 11) is 1.53. The average Bonchev–Trinajstić information content (AvgIpc) is 3.33. The number of amidine groups is 1. The smallest absolute Gasteiger partial charge is 0.408 e. The molecule has 0 aliphatic carbocycles. The summed E-state index contributed by atoms with van der Waals surface area (Å²) in [5, 5.41) is 32.2. The number of aliphatic imine (C=N–C) groups is 1. The molecule has 49 heavy (non-hydrogen) atoms. The lowest BCUT2D eigenvalue weighted by Crippen LogP contribution is -2.58. The Kier molecular flexibility index (Phi) is 16.2. The largest absolute Gasteiger partial charge is 0.497 e. The zero-order chi connectivity index (χ0) is 36.7. The zero-order valence-corrected chi connectivity index (χ0v) is 29.2. The number of carbonyl (C=O) groups is 4. The summed E-state index contributed by atoms with van der Waals surface area (Å²) >= 11 is 0. The number of carbonyl (C=O) groups excluding carboxylic acids is 4. The van der Waals surface area contributed by atoms with Gasteiger partial charge in [0.25, 0.3) is 0 Å². The van der Waals surface area contributed by atoms with Crippen molar-refractivity contribution in [3.8, 4) is 5.75 Å². The Balaban J connectivity index is 2.35. The van der Waals surface area contributed by atoms with E-state index in [0.717, 1.165) is 0 Å². The lowest BCUT2D eigenvalue weighted by molar-refractivity contribution is -0.131. The van der Waals surface area contributed by atoms with Crippen molar-refractivity contribution < 1.29 is 43.6 Å². The minimum absolute atomic E-state index is 0.0318. The summed E-state index contributed by atoms with van der Waals surface area (Å²) in [4.78, 5) is 57.2. The van der Waals surface area contributed by atoms with Crippen LogP contribution >= 0.6 is 0 Å². The van der Waals surface area contributed by atoms with E-state index in [2.05, 4.69) is 39.4 Å². The summed E-state index contributed by atoms with van der Waals surface area (Å²) in [5.74, 6) is -0.492. The van der Waals surface area contributed by atoms with Gasteiger partial charge in [0.15, 0.2) is 6.23 Å². The molecule has 4 amide bonds. The number of aliphatic hydroxyl groups excluding tert-OH is 2. The molecule has 1 aromatic rings. The van der Waals surface area contributed by atoms with Gasteiger partial charge in [0.2, 0.25) is 17.7 Å². The highest BCUT2D eigenvalue weighted by molar-refractivity contribution is 5.91. The van der Waals surface area contributed by atoms with Gasteiger partial charge in [-0.05, 0) is 64.7 Å². The number of rotatable bonds is 17. The van der Waals surface area contributed by atoms with Crippen LogP contribution < -0.4 is 26.0 Å². The van der Waals surface area contributed by atoms with Crippen LogP contribution in [0.1, 0.15) is 59.4 Å². The first-order valence-electron chi connectivity index (χ1n) is 16.1. The van der Waals surface area contributed by atoms with Crippen molar-refractivity contribution in [3.05, 3.63) is 55.4 Å². The topological polar surface area (TPSA) is 200 Å². The first kappa shape index (κ1) is 40.7. The average molecular weight is 689 g/mol. The van der Waals surface area contributed by atoms with Crippen molar-refractivity contribution in [3.63, 3.8) is 0 Å². The van der Waals surface area contributed by atoms with Crippen LogP contribution in [0, 0.1) is 0 Å². The molecule has 0 aromatic heterocycles. The fourth-order valence-electron chi connectivity index (χ4n) is 5.13. The van der Waals surface area contributed by atoms with Gasteiger partial charge in [-0.3, -0.25) is 14.4 Å². The molecule has 0 bridgehead atoms. The molecule has 2 rings (SSSR count). The molecule has 1 heterocycles. The molecule has 1 saturated heterocycles. The second-order valence-electron chi connectivity index (χ2n) is 12.5. The van der Waals surface area contributed by atoms with Crippen LogP contribution in [0.2, 0.25) is 0 Å². The van der Waals surface area contributed by atoms with Crippen molar-refractivity contribution in [2.24, 2.45) is 4.99 Å². The minimum Gasteiger partial charge on any atom is -0.497 e. The molecule has 15 heteroatoms. The van der Waals surface area contributed by atoms with Gasteiger partial charge in [0.1, 0.15) is 41.5 Å². The number of aliphatic hydroxyl groups is 2. The fraction of sp³-hybridized carbons (Fsp3) is 0.559. The van der Waals surface area contributed by atoms with Crippen LogP contribution in [-0.2, 0) is 30.3 Å². The number of ether oxygens (including phenoxy) is 3. The van der Waals surface area contributed by atoms with Gasteiger partial charge in [0.05, 0.1) is 19.8 Å². The molecule has 0 saturated carbocycles. The molecule has 1 aliphatic rings. The van der Waals surface area contributed by atoms with Gasteiger partial charge in [-0.15, -0.1) is 0 Å². The third-order valence-electron chi connectivity index (χ3n) is 7.52. The standard InChI is InChI=1S/C34H52N6O9/c1-9-35-21(3)40(10-2)32-29(43)28(27(20-41)48-32)39-31(45)26(19-23-14-16-24(47-8)17-15-23)37-30(44)25(13-11-12-18-36-22(4)42)38-33(46)49-34(5,6)7/h9-10,14-17,25-29,32,41,43H,1-2,11-13,18-20H2,3-8H3,(H,36,42)(H,37,44)(H,38,46)(H,39,45). The van der Waals surface area contributed by atoms with E-state index >= 15 is 0 Å². The van der Waals surface area contributed by atoms with Crippen LogP contribution in [0.25, 0.3) is 0 Å². The molecule has 0 spiro atoms. The van der Waals surface area contributed by atoms with Crippen molar-refractivity contribution in [2.75, 3.05) is 20.3 Å². The van der Waals surface area contributed by atoms with Crippen molar-refractivity contribution in [1.82, 2.24) is 26.2 Å². The monoisotopic (exact) mass is 688 g/mol. The van der Waals surface area contributed by atoms with Gasteiger partial charge in [-0.1, -0.05) is 25.3 Å². The number of nitrogens with one attached hydrogen (secondary N) is 4.